The monoisotopic (exact) mass is 227 g/mol. The highest BCUT2D eigenvalue weighted by atomic mass is 19.1. The topological polar surface area (TPSA) is 33.0 Å². The molecule has 0 saturated heterocycles. The highest BCUT2D eigenvalue weighted by Gasteiger charge is 2.08. The average Bonchev–Trinajstić information content (AvgIpc) is 2.39. The molecule has 0 atom stereocenters. The van der Waals surface area contributed by atoms with E-state index in [4.69, 9.17) is 10.00 Å². The molecule has 0 heterocycles. The Hall–Kier alpha value is -2.34. The van der Waals surface area contributed by atoms with Gasteiger partial charge < -0.3 is 4.74 Å². The largest absolute Gasteiger partial charge is 0.486 e. The molecular weight excluding hydrogens is 217 g/mol. The van der Waals surface area contributed by atoms with Gasteiger partial charge in [0.05, 0.1) is 5.56 Å². The summed E-state index contributed by atoms with van der Waals surface area (Å²) in [6.07, 6.45) is 0. The van der Waals surface area contributed by atoms with E-state index in [2.05, 4.69) is 0 Å². The Kier molecular flexibility index (Phi) is 3.37. The standard InChI is InChI=1S/C14H10FNO/c15-14-12(9-16)7-4-8-13(14)17-10-11-5-2-1-3-6-11/h1-8H,10H2. The second-order valence-electron chi connectivity index (χ2n) is 3.50. The number of rotatable bonds is 3. The van der Waals surface area contributed by atoms with Crippen LogP contribution in [-0.4, -0.2) is 0 Å². The van der Waals surface area contributed by atoms with Gasteiger partial charge in [-0.25, -0.2) is 4.39 Å². The Morgan fingerprint density at radius 1 is 1.06 bits per heavy atom. The third kappa shape index (κ3) is 2.61. The zero-order valence-corrected chi connectivity index (χ0v) is 9.06. The number of hydrogen-bond acceptors (Lipinski definition) is 2. The maximum atomic E-state index is 13.6. The van der Waals surface area contributed by atoms with Gasteiger partial charge in [0.15, 0.2) is 11.6 Å². The predicted octanol–water partition coefficient (Wildman–Crippen LogP) is 3.28. The number of nitrogens with zero attached hydrogens (tertiary/aromatic N) is 1. The first-order chi connectivity index (χ1) is 8.31. The molecule has 0 aliphatic rings. The summed E-state index contributed by atoms with van der Waals surface area (Å²) in [6.45, 7) is 0.284. The lowest BCUT2D eigenvalue weighted by molar-refractivity contribution is 0.290. The van der Waals surface area contributed by atoms with E-state index in [0.717, 1.165) is 5.56 Å². The molecule has 0 aromatic heterocycles. The molecule has 0 saturated carbocycles. The summed E-state index contributed by atoms with van der Waals surface area (Å²) in [5.41, 5.74) is 0.949. The van der Waals surface area contributed by atoms with E-state index in [1.165, 1.54) is 12.1 Å². The molecule has 84 valence electrons. The van der Waals surface area contributed by atoms with Crippen molar-refractivity contribution < 1.29 is 9.13 Å². The fraction of sp³-hybridized carbons (Fsp3) is 0.0714. The SMILES string of the molecule is N#Cc1cccc(OCc2ccccc2)c1F. The molecule has 2 aromatic carbocycles. The van der Waals surface area contributed by atoms with Gasteiger partial charge in [-0.15, -0.1) is 0 Å². The summed E-state index contributed by atoms with van der Waals surface area (Å²) >= 11 is 0. The van der Waals surface area contributed by atoms with Crippen LogP contribution in [0, 0.1) is 17.1 Å². The molecule has 0 spiro atoms. The van der Waals surface area contributed by atoms with E-state index in [9.17, 15) is 4.39 Å². The maximum Gasteiger partial charge on any atom is 0.182 e. The van der Waals surface area contributed by atoms with E-state index in [1.807, 2.05) is 30.3 Å². The number of nitriles is 1. The van der Waals surface area contributed by atoms with Crippen molar-refractivity contribution in [1.29, 1.82) is 5.26 Å². The Morgan fingerprint density at radius 2 is 1.82 bits per heavy atom. The van der Waals surface area contributed by atoms with Crippen molar-refractivity contribution in [3.8, 4) is 11.8 Å². The molecule has 0 N–H and O–H groups in total. The fourth-order valence-electron chi connectivity index (χ4n) is 1.44. The van der Waals surface area contributed by atoms with Crippen LogP contribution in [0.4, 0.5) is 4.39 Å². The first kappa shape index (κ1) is 11.2. The summed E-state index contributed by atoms with van der Waals surface area (Å²) in [5.74, 6) is -0.501. The van der Waals surface area contributed by atoms with Gasteiger partial charge in [0.1, 0.15) is 12.7 Å². The molecule has 17 heavy (non-hydrogen) atoms. The second-order valence-corrected chi connectivity index (χ2v) is 3.50. The lowest BCUT2D eigenvalue weighted by Gasteiger charge is -2.07. The normalized spacial score (nSPS) is 9.65. The van der Waals surface area contributed by atoms with Crippen LogP contribution in [0.25, 0.3) is 0 Å². The smallest absolute Gasteiger partial charge is 0.182 e. The first-order valence-corrected chi connectivity index (χ1v) is 5.16. The summed E-state index contributed by atoms with van der Waals surface area (Å²) in [4.78, 5) is 0. The van der Waals surface area contributed by atoms with Crippen molar-refractivity contribution in [3.63, 3.8) is 0 Å². The quantitative estimate of drug-likeness (QED) is 0.806. The van der Waals surface area contributed by atoms with Crippen molar-refractivity contribution in [1.82, 2.24) is 0 Å². The lowest BCUT2D eigenvalue weighted by Crippen LogP contribution is -1.98. The van der Waals surface area contributed by atoms with E-state index >= 15 is 0 Å². The average molecular weight is 227 g/mol. The first-order valence-electron chi connectivity index (χ1n) is 5.16. The van der Waals surface area contributed by atoms with E-state index in [0.29, 0.717) is 0 Å². The Bertz CT molecular complexity index is 546. The highest BCUT2D eigenvalue weighted by Crippen LogP contribution is 2.20. The third-order valence-electron chi connectivity index (χ3n) is 2.32. The molecular formula is C14H10FNO. The van der Waals surface area contributed by atoms with Gasteiger partial charge in [-0.1, -0.05) is 36.4 Å². The predicted molar refractivity (Wildman–Crippen MR) is 61.9 cm³/mol. The van der Waals surface area contributed by atoms with Crippen LogP contribution < -0.4 is 4.74 Å². The summed E-state index contributed by atoms with van der Waals surface area (Å²) in [7, 11) is 0. The van der Waals surface area contributed by atoms with E-state index in [-0.39, 0.29) is 17.9 Å². The molecule has 3 heteroatoms. The Morgan fingerprint density at radius 3 is 2.53 bits per heavy atom. The molecule has 0 radical (unpaired) electrons. The highest BCUT2D eigenvalue weighted by molar-refractivity contribution is 5.38. The van der Waals surface area contributed by atoms with Gasteiger partial charge in [0, 0.05) is 0 Å². The second kappa shape index (κ2) is 5.13. The van der Waals surface area contributed by atoms with Crippen LogP contribution in [0.1, 0.15) is 11.1 Å². The van der Waals surface area contributed by atoms with E-state index < -0.39 is 5.82 Å². The lowest BCUT2D eigenvalue weighted by atomic mass is 10.2. The van der Waals surface area contributed by atoms with Crippen molar-refractivity contribution in [2.75, 3.05) is 0 Å². The Balaban J connectivity index is 2.13. The van der Waals surface area contributed by atoms with Gasteiger partial charge in [0.2, 0.25) is 0 Å². The summed E-state index contributed by atoms with van der Waals surface area (Å²) < 4.78 is 19.0. The van der Waals surface area contributed by atoms with Gasteiger partial charge in [-0.05, 0) is 17.7 Å². The minimum absolute atomic E-state index is 0.00411. The number of halogens is 1. The number of benzene rings is 2. The van der Waals surface area contributed by atoms with Gasteiger partial charge in [-0.2, -0.15) is 5.26 Å². The zero-order valence-electron chi connectivity index (χ0n) is 9.06. The van der Waals surface area contributed by atoms with Crippen LogP contribution in [0.15, 0.2) is 48.5 Å². The Labute approximate surface area is 98.9 Å². The van der Waals surface area contributed by atoms with Crippen LogP contribution >= 0.6 is 0 Å². The fourth-order valence-corrected chi connectivity index (χ4v) is 1.44. The van der Waals surface area contributed by atoms with Gasteiger partial charge in [0.25, 0.3) is 0 Å². The van der Waals surface area contributed by atoms with Crippen LogP contribution in [0.3, 0.4) is 0 Å². The maximum absolute atomic E-state index is 13.6. The minimum atomic E-state index is -0.606. The molecule has 0 bridgehead atoms. The summed E-state index contributed by atoms with van der Waals surface area (Å²) in [5, 5.41) is 8.68. The van der Waals surface area contributed by atoms with Crippen molar-refractivity contribution in [3.05, 3.63) is 65.5 Å². The van der Waals surface area contributed by atoms with Crippen LogP contribution in [0.5, 0.6) is 5.75 Å². The van der Waals surface area contributed by atoms with Crippen LogP contribution in [0.2, 0.25) is 0 Å². The molecule has 2 aromatic rings. The molecule has 0 unspecified atom stereocenters. The van der Waals surface area contributed by atoms with Crippen LogP contribution in [-0.2, 0) is 6.61 Å². The van der Waals surface area contributed by atoms with Crippen molar-refractivity contribution in [2.45, 2.75) is 6.61 Å². The molecule has 0 aliphatic carbocycles. The van der Waals surface area contributed by atoms with Gasteiger partial charge in [-0.3, -0.25) is 0 Å². The third-order valence-corrected chi connectivity index (χ3v) is 2.32. The van der Waals surface area contributed by atoms with E-state index in [1.54, 1.807) is 12.1 Å². The minimum Gasteiger partial charge on any atom is -0.486 e. The van der Waals surface area contributed by atoms with Gasteiger partial charge >= 0.3 is 0 Å². The molecule has 2 nitrogen and oxygen atoms in total. The number of hydrogen-bond donors (Lipinski definition) is 0. The molecule has 2 rings (SSSR count). The zero-order chi connectivity index (χ0) is 12.1. The van der Waals surface area contributed by atoms with Crippen molar-refractivity contribution in [2.24, 2.45) is 0 Å². The number of ether oxygens (including phenoxy) is 1. The summed E-state index contributed by atoms with van der Waals surface area (Å²) in [6, 6.07) is 15.8. The van der Waals surface area contributed by atoms with Crippen molar-refractivity contribution >= 4 is 0 Å². The molecule has 0 amide bonds. The molecule has 0 fully saturated rings. The molecule has 0 aliphatic heterocycles.